The van der Waals surface area contributed by atoms with Crippen LogP contribution in [0.4, 0.5) is 0 Å². The molecule has 1 aliphatic carbocycles. The minimum Gasteiger partial charge on any atom is -0.381 e. The molecule has 1 heterocycles. The van der Waals surface area contributed by atoms with Crippen LogP contribution < -0.4 is 5.73 Å². The van der Waals surface area contributed by atoms with E-state index in [1.807, 2.05) is 7.11 Å². The van der Waals surface area contributed by atoms with E-state index in [4.69, 9.17) is 10.5 Å². The number of nitrogens with zero attached hydrogens (tertiary/aromatic N) is 1. The van der Waals surface area contributed by atoms with Gasteiger partial charge in [-0.25, -0.2) is 0 Å². The molecule has 3 rings (SSSR count). The zero-order chi connectivity index (χ0) is 13.3. The average molecular weight is 260 g/mol. The highest BCUT2D eigenvalue weighted by molar-refractivity contribution is 5.31. The molecule has 0 unspecified atom stereocenters. The Hall–Kier alpha value is -0.900. The third-order valence-corrected chi connectivity index (χ3v) is 5.09. The number of benzene rings is 1. The molecule has 3 heteroatoms. The predicted molar refractivity (Wildman–Crippen MR) is 76.7 cm³/mol. The van der Waals surface area contributed by atoms with Crippen LogP contribution in [0.2, 0.25) is 0 Å². The van der Waals surface area contributed by atoms with Gasteiger partial charge in [-0.2, -0.15) is 0 Å². The van der Waals surface area contributed by atoms with Gasteiger partial charge < -0.3 is 10.5 Å². The van der Waals surface area contributed by atoms with Gasteiger partial charge in [-0.1, -0.05) is 24.3 Å². The Kier molecular flexibility index (Phi) is 3.61. The monoisotopic (exact) mass is 260 g/mol. The zero-order valence-corrected chi connectivity index (χ0v) is 11.8. The van der Waals surface area contributed by atoms with Crippen LogP contribution in [0.5, 0.6) is 0 Å². The molecule has 1 fully saturated rings. The first kappa shape index (κ1) is 13.1. The third kappa shape index (κ3) is 2.31. The van der Waals surface area contributed by atoms with Crippen LogP contribution in [0.25, 0.3) is 0 Å². The molecule has 1 saturated carbocycles. The molecule has 0 amide bonds. The predicted octanol–water partition coefficient (Wildman–Crippen LogP) is 2.29. The van der Waals surface area contributed by atoms with E-state index in [9.17, 15) is 0 Å². The molecule has 2 N–H and O–H groups in total. The summed E-state index contributed by atoms with van der Waals surface area (Å²) in [7, 11) is 1.83. The van der Waals surface area contributed by atoms with E-state index in [1.165, 1.54) is 11.1 Å². The van der Waals surface area contributed by atoms with Crippen LogP contribution in [0.1, 0.15) is 36.8 Å². The molecule has 3 nitrogen and oxygen atoms in total. The molecule has 0 saturated heterocycles. The molecule has 0 bridgehead atoms. The summed E-state index contributed by atoms with van der Waals surface area (Å²) in [5, 5.41) is 0. The number of methoxy groups -OCH3 is 1. The lowest BCUT2D eigenvalue weighted by Gasteiger charge is -2.45. The van der Waals surface area contributed by atoms with Gasteiger partial charge in [0.1, 0.15) is 0 Å². The van der Waals surface area contributed by atoms with Crippen molar-refractivity contribution in [3.8, 4) is 0 Å². The van der Waals surface area contributed by atoms with Crippen molar-refractivity contribution in [1.82, 2.24) is 4.90 Å². The second kappa shape index (κ2) is 5.23. The largest absolute Gasteiger partial charge is 0.381 e. The summed E-state index contributed by atoms with van der Waals surface area (Å²) in [4.78, 5) is 2.60. The fraction of sp³-hybridized carbons (Fsp3) is 0.625. The number of fused-ring (bicyclic) bond motifs is 1. The molecule has 104 valence electrons. The van der Waals surface area contributed by atoms with Crippen molar-refractivity contribution >= 4 is 0 Å². The van der Waals surface area contributed by atoms with Crippen molar-refractivity contribution in [2.75, 3.05) is 13.7 Å². The Morgan fingerprint density at radius 1 is 1.21 bits per heavy atom. The lowest BCUT2D eigenvalue weighted by atomic mass is 9.79. The molecule has 0 radical (unpaired) electrons. The second-order valence-electron chi connectivity index (χ2n) is 5.99. The van der Waals surface area contributed by atoms with E-state index in [0.29, 0.717) is 6.10 Å². The molecule has 0 atom stereocenters. The summed E-state index contributed by atoms with van der Waals surface area (Å²) < 4.78 is 5.49. The molecule has 1 aromatic carbocycles. The van der Waals surface area contributed by atoms with E-state index in [-0.39, 0.29) is 5.54 Å². The van der Waals surface area contributed by atoms with Crippen molar-refractivity contribution in [3.05, 3.63) is 35.4 Å². The Bertz CT molecular complexity index is 413. The van der Waals surface area contributed by atoms with Crippen LogP contribution >= 0.6 is 0 Å². The number of nitrogens with two attached hydrogens (primary N) is 1. The van der Waals surface area contributed by atoms with Gasteiger partial charge in [0.2, 0.25) is 0 Å². The van der Waals surface area contributed by atoms with Crippen molar-refractivity contribution < 1.29 is 4.74 Å². The van der Waals surface area contributed by atoms with Gasteiger partial charge >= 0.3 is 0 Å². The van der Waals surface area contributed by atoms with Crippen molar-refractivity contribution in [2.45, 2.75) is 50.4 Å². The SMILES string of the molecule is COC1CCC(CN)(N2Cc3ccccc3C2)CC1. The van der Waals surface area contributed by atoms with E-state index >= 15 is 0 Å². The maximum atomic E-state index is 6.16. The highest BCUT2D eigenvalue weighted by Crippen LogP contribution is 2.38. The summed E-state index contributed by atoms with van der Waals surface area (Å²) in [5.74, 6) is 0. The van der Waals surface area contributed by atoms with Crippen LogP contribution in [-0.2, 0) is 17.8 Å². The molecule has 19 heavy (non-hydrogen) atoms. The smallest absolute Gasteiger partial charge is 0.0572 e. The highest BCUT2D eigenvalue weighted by atomic mass is 16.5. The fourth-order valence-corrected chi connectivity index (χ4v) is 3.68. The lowest BCUT2D eigenvalue weighted by molar-refractivity contribution is -0.00919. The first-order valence-electron chi connectivity index (χ1n) is 7.32. The summed E-state index contributed by atoms with van der Waals surface area (Å²) in [5.41, 5.74) is 9.30. The number of ether oxygens (including phenoxy) is 1. The topological polar surface area (TPSA) is 38.5 Å². The van der Waals surface area contributed by atoms with Crippen molar-refractivity contribution in [1.29, 1.82) is 0 Å². The quantitative estimate of drug-likeness (QED) is 0.906. The van der Waals surface area contributed by atoms with Crippen LogP contribution in [0, 0.1) is 0 Å². The van der Waals surface area contributed by atoms with Gasteiger partial charge in [-0.15, -0.1) is 0 Å². The lowest BCUT2D eigenvalue weighted by Crippen LogP contribution is -2.54. The maximum absolute atomic E-state index is 6.16. The number of rotatable bonds is 3. The van der Waals surface area contributed by atoms with Crippen molar-refractivity contribution in [3.63, 3.8) is 0 Å². The molecular weight excluding hydrogens is 236 g/mol. The highest BCUT2D eigenvalue weighted by Gasteiger charge is 2.41. The molecular formula is C16H24N2O. The van der Waals surface area contributed by atoms with Gasteiger partial charge in [-0.3, -0.25) is 4.90 Å². The zero-order valence-electron chi connectivity index (χ0n) is 11.8. The van der Waals surface area contributed by atoms with Crippen LogP contribution in [0.3, 0.4) is 0 Å². The molecule has 2 aliphatic rings. The van der Waals surface area contributed by atoms with Gasteiger partial charge in [0.05, 0.1) is 6.10 Å². The Morgan fingerprint density at radius 3 is 2.26 bits per heavy atom. The minimum atomic E-state index is 0.189. The summed E-state index contributed by atoms with van der Waals surface area (Å²) in [6.07, 6.45) is 5.04. The van der Waals surface area contributed by atoms with E-state index in [0.717, 1.165) is 45.3 Å². The minimum absolute atomic E-state index is 0.189. The third-order valence-electron chi connectivity index (χ3n) is 5.09. The van der Waals surface area contributed by atoms with Crippen molar-refractivity contribution in [2.24, 2.45) is 5.73 Å². The first-order chi connectivity index (χ1) is 9.27. The number of hydrogen-bond donors (Lipinski definition) is 1. The normalized spacial score (nSPS) is 31.4. The van der Waals surface area contributed by atoms with Gasteiger partial charge in [0, 0.05) is 32.3 Å². The van der Waals surface area contributed by atoms with Gasteiger partial charge in [0.25, 0.3) is 0 Å². The molecule has 0 spiro atoms. The Balaban J connectivity index is 1.75. The van der Waals surface area contributed by atoms with E-state index < -0.39 is 0 Å². The second-order valence-corrected chi connectivity index (χ2v) is 5.99. The van der Waals surface area contributed by atoms with E-state index in [1.54, 1.807) is 0 Å². The Labute approximate surface area is 115 Å². The van der Waals surface area contributed by atoms with Crippen LogP contribution in [0.15, 0.2) is 24.3 Å². The van der Waals surface area contributed by atoms with Gasteiger partial charge in [0.15, 0.2) is 0 Å². The van der Waals surface area contributed by atoms with Gasteiger partial charge in [-0.05, 0) is 36.8 Å². The van der Waals surface area contributed by atoms with Crippen LogP contribution in [-0.4, -0.2) is 30.2 Å². The number of hydrogen-bond acceptors (Lipinski definition) is 3. The standard InChI is InChI=1S/C16H24N2O/c1-19-15-6-8-16(12-17,9-7-15)18-10-13-4-2-3-5-14(13)11-18/h2-5,15H,6-12,17H2,1H3. The first-order valence-corrected chi connectivity index (χ1v) is 7.32. The Morgan fingerprint density at radius 2 is 1.79 bits per heavy atom. The molecule has 1 aliphatic heterocycles. The maximum Gasteiger partial charge on any atom is 0.0572 e. The molecule has 1 aromatic rings. The summed E-state index contributed by atoms with van der Waals surface area (Å²) >= 11 is 0. The molecule has 0 aromatic heterocycles. The van der Waals surface area contributed by atoms with E-state index in [2.05, 4.69) is 29.2 Å². The average Bonchev–Trinajstić information content (AvgIpc) is 2.92. The fourth-order valence-electron chi connectivity index (χ4n) is 3.68. The summed E-state index contributed by atoms with van der Waals surface area (Å²) in [6.45, 7) is 2.88. The summed E-state index contributed by atoms with van der Waals surface area (Å²) in [6, 6.07) is 8.78.